The molecule has 4 heteroatoms. The molecule has 0 saturated carbocycles. The van der Waals surface area contributed by atoms with E-state index in [4.69, 9.17) is 0 Å². The predicted molar refractivity (Wildman–Crippen MR) is 100 cm³/mol. The van der Waals surface area contributed by atoms with Crippen molar-refractivity contribution < 1.29 is 9.59 Å². The van der Waals surface area contributed by atoms with Crippen molar-refractivity contribution in [2.75, 3.05) is 6.54 Å². The molecule has 1 fully saturated rings. The van der Waals surface area contributed by atoms with Crippen LogP contribution in [0.2, 0.25) is 0 Å². The van der Waals surface area contributed by atoms with E-state index in [-0.39, 0.29) is 17.7 Å². The molecule has 0 spiro atoms. The SMILES string of the molecule is O=C(NCc1ccccc1CN1CCCC1=O)[C@@H]1CCc2ccccc21. The summed E-state index contributed by atoms with van der Waals surface area (Å²) in [6.45, 7) is 1.98. The van der Waals surface area contributed by atoms with Gasteiger partial charge in [0.2, 0.25) is 11.8 Å². The monoisotopic (exact) mass is 348 g/mol. The van der Waals surface area contributed by atoms with Gasteiger partial charge in [-0.25, -0.2) is 0 Å². The normalized spacial score (nSPS) is 18.8. The Morgan fingerprint density at radius 1 is 1.04 bits per heavy atom. The predicted octanol–water partition coefficient (Wildman–Crippen LogP) is 3.16. The number of fused-ring (bicyclic) bond motifs is 1. The zero-order valence-corrected chi connectivity index (χ0v) is 14.9. The minimum Gasteiger partial charge on any atom is -0.351 e. The Bertz CT molecular complexity index is 830. The van der Waals surface area contributed by atoms with E-state index in [2.05, 4.69) is 23.5 Å². The molecule has 4 rings (SSSR count). The lowest BCUT2D eigenvalue weighted by Crippen LogP contribution is -2.29. The van der Waals surface area contributed by atoms with E-state index in [0.717, 1.165) is 36.9 Å². The molecule has 1 saturated heterocycles. The summed E-state index contributed by atoms with van der Waals surface area (Å²) in [6.07, 6.45) is 3.45. The van der Waals surface area contributed by atoms with Crippen LogP contribution in [-0.4, -0.2) is 23.3 Å². The maximum atomic E-state index is 12.7. The first-order chi connectivity index (χ1) is 12.7. The van der Waals surface area contributed by atoms with Crippen LogP contribution in [0.15, 0.2) is 48.5 Å². The molecule has 0 bridgehead atoms. The van der Waals surface area contributed by atoms with E-state index in [0.29, 0.717) is 19.5 Å². The van der Waals surface area contributed by atoms with Gasteiger partial charge in [-0.1, -0.05) is 48.5 Å². The standard InChI is InChI=1S/C22H24N2O2/c25-21-10-5-13-24(21)15-18-8-2-1-7-17(18)14-23-22(26)20-12-11-16-6-3-4-9-19(16)20/h1-4,6-9,20H,5,10-15H2,(H,23,26)/t20-/m1/s1. The average Bonchev–Trinajstić information content (AvgIpc) is 3.27. The number of rotatable bonds is 5. The van der Waals surface area contributed by atoms with Crippen molar-refractivity contribution in [3.8, 4) is 0 Å². The average molecular weight is 348 g/mol. The van der Waals surface area contributed by atoms with Gasteiger partial charge in [0.15, 0.2) is 0 Å². The van der Waals surface area contributed by atoms with Gasteiger partial charge in [0.05, 0.1) is 5.92 Å². The number of nitrogens with one attached hydrogen (secondary N) is 1. The fourth-order valence-electron chi connectivity index (χ4n) is 4.10. The number of carbonyl (C=O) groups excluding carboxylic acids is 2. The fraction of sp³-hybridized carbons (Fsp3) is 0.364. The molecule has 2 aromatic carbocycles. The molecule has 134 valence electrons. The molecular weight excluding hydrogens is 324 g/mol. The second-order valence-corrected chi connectivity index (χ2v) is 7.20. The van der Waals surface area contributed by atoms with Gasteiger partial charge >= 0.3 is 0 Å². The minimum absolute atomic E-state index is 0.0430. The molecule has 2 aliphatic rings. The second-order valence-electron chi connectivity index (χ2n) is 7.20. The number of hydrogen-bond donors (Lipinski definition) is 1. The molecule has 0 unspecified atom stereocenters. The number of benzene rings is 2. The van der Waals surface area contributed by atoms with Crippen LogP contribution in [-0.2, 0) is 29.1 Å². The number of carbonyl (C=O) groups is 2. The maximum Gasteiger partial charge on any atom is 0.227 e. The Hall–Kier alpha value is -2.62. The first kappa shape index (κ1) is 16.8. The van der Waals surface area contributed by atoms with E-state index in [1.165, 1.54) is 11.1 Å². The molecule has 26 heavy (non-hydrogen) atoms. The van der Waals surface area contributed by atoms with Crippen molar-refractivity contribution in [2.24, 2.45) is 0 Å². The van der Waals surface area contributed by atoms with Gasteiger partial charge in [0, 0.05) is 26.1 Å². The van der Waals surface area contributed by atoms with Crippen molar-refractivity contribution in [1.29, 1.82) is 0 Å². The highest BCUT2D eigenvalue weighted by Gasteiger charge is 2.28. The first-order valence-electron chi connectivity index (χ1n) is 9.42. The fourth-order valence-corrected chi connectivity index (χ4v) is 4.10. The van der Waals surface area contributed by atoms with Crippen LogP contribution < -0.4 is 5.32 Å². The molecule has 4 nitrogen and oxygen atoms in total. The Balaban J connectivity index is 1.42. The molecule has 1 aliphatic carbocycles. The lowest BCUT2D eigenvalue weighted by molar-refractivity contribution is -0.128. The first-order valence-corrected chi connectivity index (χ1v) is 9.42. The molecule has 2 amide bonds. The largest absolute Gasteiger partial charge is 0.351 e. The van der Waals surface area contributed by atoms with E-state index < -0.39 is 0 Å². The van der Waals surface area contributed by atoms with Gasteiger partial charge < -0.3 is 10.2 Å². The smallest absolute Gasteiger partial charge is 0.227 e. The number of amides is 2. The topological polar surface area (TPSA) is 49.4 Å². The number of aryl methyl sites for hydroxylation is 1. The van der Waals surface area contributed by atoms with E-state index in [1.807, 2.05) is 35.2 Å². The van der Waals surface area contributed by atoms with Crippen LogP contribution in [0.5, 0.6) is 0 Å². The van der Waals surface area contributed by atoms with Gasteiger partial charge in [-0.15, -0.1) is 0 Å². The number of nitrogens with zero attached hydrogens (tertiary/aromatic N) is 1. The van der Waals surface area contributed by atoms with Gasteiger partial charge in [-0.05, 0) is 41.5 Å². The molecule has 1 N–H and O–H groups in total. The Kier molecular flexibility index (Phi) is 4.74. The van der Waals surface area contributed by atoms with E-state index in [9.17, 15) is 9.59 Å². The summed E-state index contributed by atoms with van der Waals surface area (Å²) >= 11 is 0. The molecule has 1 atom stereocenters. The molecule has 1 aliphatic heterocycles. The summed E-state index contributed by atoms with van der Waals surface area (Å²) in [4.78, 5) is 26.5. The molecule has 0 radical (unpaired) electrons. The van der Waals surface area contributed by atoms with Crippen LogP contribution in [0.1, 0.15) is 47.4 Å². The highest BCUT2D eigenvalue weighted by Crippen LogP contribution is 2.33. The lowest BCUT2D eigenvalue weighted by atomic mass is 10.00. The molecule has 0 aromatic heterocycles. The third kappa shape index (κ3) is 3.36. The zero-order chi connectivity index (χ0) is 17.9. The Morgan fingerprint density at radius 2 is 1.81 bits per heavy atom. The Morgan fingerprint density at radius 3 is 2.62 bits per heavy atom. The summed E-state index contributed by atoms with van der Waals surface area (Å²) in [6, 6.07) is 16.3. The summed E-state index contributed by atoms with van der Waals surface area (Å²) in [7, 11) is 0. The highest BCUT2D eigenvalue weighted by atomic mass is 16.2. The number of hydrogen-bond acceptors (Lipinski definition) is 2. The maximum absolute atomic E-state index is 12.7. The van der Waals surface area contributed by atoms with Gasteiger partial charge in [0.1, 0.15) is 0 Å². The van der Waals surface area contributed by atoms with Crippen LogP contribution in [0, 0.1) is 0 Å². The second kappa shape index (κ2) is 7.32. The van der Waals surface area contributed by atoms with E-state index in [1.54, 1.807) is 0 Å². The molecular formula is C22H24N2O2. The third-order valence-corrected chi connectivity index (χ3v) is 5.55. The van der Waals surface area contributed by atoms with Crippen molar-refractivity contribution >= 4 is 11.8 Å². The van der Waals surface area contributed by atoms with Gasteiger partial charge in [0.25, 0.3) is 0 Å². The van der Waals surface area contributed by atoms with Gasteiger partial charge in [-0.3, -0.25) is 9.59 Å². The Labute approximate surface area is 154 Å². The quantitative estimate of drug-likeness (QED) is 0.902. The molecule has 1 heterocycles. The zero-order valence-electron chi connectivity index (χ0n) is 14.9. The van der Waals surface area contributed by atoms with Crippen LogP contribution in [0.25, 0.3) is 0 Å². The van der Waals surface area contributed by atoms with Crippen LogP contribution in [0.4, 0.5) is 0 Å². The van der Waals surface area contributed by atoms with Crippen molar-refractivity contribution in [3.05, 3.63) is 70.8 Å². The summed E-state index contributed by atoms with van der Waals surface area (Å²) in [5.74, 6) is 0.284. The highest BCUT2D eigenvalue weighted by molar-refractivity contribution is 5.85. The lowest BCUT2D eigenvalue weighted by Gasteiger charge is -2.19. The summed E-state index contributed by atoms with van der Waals surface area (Å²) in [5, 5.41) is 3.12. The van der Waals surface area contributed by atoms with Crippen LogP contribution >= 0.6 is 0 Å². The van der Waals surface area contributed by atoms with Crippen molar-refractivity contribution in [2.45, 2.75) is 44.7 Å². The molecule has 2 aromatic rings. The minimum atomic E-state index is -0.0430. The van der Waals surface area contributed by atoms with Crippen molar-refractivity contribution in [3.63, 3.8) is 0 Å². The number of likely N-dealkylation sites (tertiary alicyclic amines) is 1. The summed E-state index contributed by atoms with van der Waals surface area (Å²) in [5.41, 5.74) is 4.67. The van der Waals surface area contributed by atoms with Crippen molar-refractivity contribution in [1.82, 2.24) is 10.2 Å². The van der Waals surface area contributed by atoms with E-state index >= 15 is 0 Å². The van der Waals surface area contributed by atoms with Gasteiger partial charge in [-0.2, -0.15) is 0 Å². The third-order valence-electron chi connectivity index (χ3n) is 5.55. The summed E-state index contributed by atoms with van der Waals surface area (Å²) < 4.78 is 0. The van der Waals surface area contributed by atoms with Crippen LogP contribution in [0.3, 0.4) is 0 Å².